The van der Waals surface area contributed by atoms with Gasteiger partial charge in [-0.05, 0) is 26.3 Å². The summed E-state index contributed by atoms with van der Waals surface area (Å²) in [5, 5.41) is 2.97. The Morgan fingerprint density at radius 1 is 1.31 bits per heavy atom. The quantitative estimate of drug-likeness (QED) is 0.337. The lowest BCUT2D eigenvalue weighted by atomic mass is 10.1. The van der Waals surface area contributed by atoms with E-state index in [1.165, 1.54) is 19.3 Å². The van der Waals surface area contributed by atoms with Gasteiger partial charge in [-0.2, -0.15) is 0 Å². The van der Waals surface area contributed by atoms with E-state index in [2.05, 4.69) is 11.9 Å². The number of allylic oxidation sites excluding steroid dienone is 1. The molecule has 0 bridgehead atoms. The van der Waals surface area contributed by atoms with Crippen molar-refractivity contribution < 1.29 is 4.79 Å². The van der Waals surface area contributed by atoms with E-state index in [0.717, 1.165) is 25.5 Å². The number of likely N-dealkylation sites (N-methyl/N-ethyl adjacent to an activating group) is 1. The highest BCUT2D eigenvalue weighted by Gasteiger charge is 2.01. The van der Waals surface area contributed by atoms with Crippen molar-refractivity contribution in [2.24, 2.45) is 0 Å². The van der Waals surface area contributed by atoms with E-state index in [9.17, 15) is 4.79 Å². The third-order valence-corrected chi connectivity index (χ3v) is 2.21. The van der Waals surface area contributed by atoms with Gasteiger partial charge in [-0.1, -0.05) is 25.3 Å². The molecule has 0 aliphatic rings. The van der Waals surface area contributed by atoms with E-state index in [-0.39, 0.29) is 6.04 Å². The van der Waals surface area contributed by atoms with Crippen LogP contribution in [0.1, 0.15) is 38.5 Å². The largest absolute Gasteiger partial charge is 0.311 e. The highest BCUT2D eigenvalue weighted by atomic mass is 16.1. The first-order chi connectivity index (χ1) is 6.35. The van der Waals surface area contributed by atoms with Crippen molar-refractivity contribution in [3.05, 3.63) is 12.7 Å². The molecular weight excluding hydrogens is 162 g/mol. The summed E-state index contributed by atoms with van der Waals surface area (Å²) in [4.78, 5) is 10.4. The second kappa shape index (κ2) is 9.46. The van der Waals surface area contributed by atoms with Crippen LogP contribution in [0.5, 0.6) is 0 Å². The third-order valence-electron chi connectivity index (χ3n) is 2.21. The van der Waals surface area contributed by atoms with Gasteiger partial charge in [-0.3, -0.25) is 0 Å². The summed E-state index contributed by atoms with van der Waals surface area (Å²) in [6, 6.07) is 0.0550. The van der Waals surface area contributed by atoms with Gasteiger partial charge in [0.25, 0.3) is 0 Å². The summed E-state index contributed by atoms with van der Waals surface area (Å²) in [5.41, 5.74) is 0. The smallest absolute Gasteiger partial charge is 0.136 e. The number of aldehydes is 1. The maximum atomic E-state index is 10.4. The summed E-state index contributed by atoms with van der Waals surface area (Å²) in [6.45, 7) is 3.68. The predicted molar refractivity (Wildman–Crippen MR) is 56.8 cm³/mol. The SMILES string of the molecule is C=CCCCCCCC(C=O)NC. The average molecular weight is 183 g/mol. The number of unbranched alkanes of at least 4 members (excludes halogenated alkanes) is 4. The molecule has 0 aliphatic heterocycles. The van der Waals surface area contributed by atoms with E-state index in [1.807, 2.05) is 13.1 Å². The van der Waals surface area contributed by atoms with Crippen molar-refractivity contribution in [3.63, 3.8) is 0 Å². The Morgan fingerprint density at radius 2 is 2.00 bits per heavy atom. The molecule has 0 amide bonds. The Bertz CT molecular complexity index is 134. The zero-order valence-corrected chi connectivity index (χ0v) is 8.59. The second-order valence-electron chi connectivity index (χ2n) is 3.31. The molecule has 1 N–H and O–H groups in total. The van der Waals surface area contributed by atoms with Gasteiger partial charge < -0.3 is 10.1 Å². The number of hydrogen-bond acceptors (Lipinski definition) is 2. The maximum absolute atomic E-state index is 10.4. The van der Waals surface area contributed by atoms with Crippen LogP contribution in [0, 0.1) is 0 Å². The molecule has 0 aromatic carbocycles. The Balaban J connectivity index is 3.14. The first-order valence-electron chi connectivity index (χ1n) is 5.08. The lowest BCUT2D eigenvalue weighted by Crippen LogP contribution is -2.26. The summed E-state index contributed by atoms with van der Waals surface area (Å²) in [7, 11) is 1.83. The van der Waals surface area contributed by atoms with Gasteiger partial charge in [0.05, 0.1) is 6.04 Å². The Hall–Kier alpha value is -0.630. The molecule has 0 saturated heterocycles. The molecule has 0 spiro atoms. The van der Waals surface area contributed by atoms with Gasteiger partial charge >= 0.3 is 0 Å². The predicted octanol–water partition coefficient (Wildman–Crippen LogP) is 2.30. The van der Waals surface area contributed by atoms with Crippen LogP contribution in [0.15, 0.2) is 12.7 Å². The lowest BCUT2D eigenvalue weighted by Gasteiger charge is -2.07. The van der Waals surface area contributed by atoms with Crippen LogP contribution in [-0.2, 0) is 4.79 Å². The van der Waals surface area contributed by atoms with Crippen molar-refractivity contribution in [1.82, 2.24) is 5.32 Å². The lowest BCUT2D eigenvalue weighted by molar-refractivity contribution is -0.109. The molecule has 0 heterocycles. The van der Waals surface area contributed by atoms with Crippen LogP contribution in [0.25, 0.3) is 0 Å². The van der Waals surface area contributed by atoms with Crippen LogP contribution in [-0.4, -0.2) is 19.4 Å². The van der Waals surface area contributed by atoms with E-state index in [4.69, 9.17) is 0 Å². The minimum absolute atomic E-state index is 0.0550. The molecule has 13 heavy (non-hydrogen) atoms. The van der Waals surface area contributed by atoms with Crippen LogP contribution >= 0.6 is 0 Å². The van der Waals surface area contributed by atoms with E-state index < -0.39 is 0 Å². The van der Waals surface area contributed by atoms with Crippen LogP contribution < -0.4 is 5.32 Å². The highest BCUT2D eigenvalue weighted by Crippen LogP contribution is 2.06. The normalized spacial score (nSPS) is 12.4. The van der Waals surface area contributed by atoms with Crippen molar-refractivity contribution in [3.8, 4) is 0 Å². The highest BCUT2D eigenvalue weighted by molar-refractivity contribution is 5.57. The summed E-state index contributed by atoms with van der Waals surface area (Å²) in [6.07, 6.45) is 9.88. The van der Waals surface area contributed by atoms with Gasteiger partial charge in [0.15, 0.2) is 0 Å². The first kappa shape index (κ1) is 12.4. The number of nitrogens with one attached hydrogen (secondary N) is 1. The molecule has 76 valence electrons. The number of hydrogen-bond donors (Lipinski definition) is 1. The molecule has 0 aliphatic carbocycles. The van der Waals surface area contributed by atoms with Crippen molar-refractivity contribution in [2.75, 3.05) is 7.05 Å². The molecule has 1 atom stereocenters. The average Bonchev–Trinajstić information content (AvgIpc) is 2.17. The van der Waals surface area contributed by atoms with Crippen LogP contribution in [0.3, 0.4) is 0 Å². The Labute approximate surface area is 81.4 Å². The summed E-state index contributed by atoms with van der Waals surface area (Å²) < 4.78 is 0. The first-order valence-corrected chi connectivity index (χ1v) is 5.08. The molecule has 0 aromatic heterocycles. The zero-order chi connectivity index (χ0) is 9.94. The number of rotatable bonds is 9. The topological polar surface area (TPSA) is 29.1 Å². The van der Waals surface area contributed by atoms with Gasteiger partial charge in [0, 0.05) is 0 Å². The number of carbonyl (C=O) groups is 1. The van der Waals surface area contributed by atoms with Crippen LogP contribution in [0.2, 0.25) is 0 Å². The van der Waals surface area contributed by atoms with Gasteiger partial charge in [0.1, 0.15) is 6.29 Å². The fourth-order valence-corrected chi connectivity index (χ4v) is 1.29. The van der Waals surface area contributed by atoms with Gasteiger partial charge in [-0.25, -0.2) is 0 Å². The molecule has 0 aromatic rings. The fraction of sp³-hybridized carbons (Fsp3) is 0.727. The fourth-order valence-electron chi connectivity index (χ4n) is 1.29. The molecule has 2 nitrogen and oxygen atoms in total. The molecule has 0 radical (unpaired) electrons. The van der Waals surface area contributed by atoms with Crippen molar-refractivity contribution in [1.29, 1.82) is 0 Å². The third kappa shape index (κ3) is 7.72. The van der Waals surface area contributed by atoms with E-state index in [0.29, 0.717) is 0 Å². The van der Waals surface area contributed by atoms with Crippen molar-refractivity contribution >= 4 is 6.29 Å². The Morgan fingerprint density at radius 3 is 2.54 bits per heavy atom. The van der Waals surface area contributed by atoms with Crippen LogP contribution in [0.4, 0.5) is 0 Å². The minimum atomic E-state index is 0.0550. The summed E-state index contributed by atoms with van der Waals surface area (Å²) >= 11 is 0. The van der Waals surface area contributed by atoms with Crippen molar-refractivity contribution in [2.45, 2.75) is 44.6 Å². The Kier molecular flexibility index (Phi) is 9.00. The minimum Gasteiger partial charge on any atom is -0.311 e. The second-order valence-corrected chi connectivity index (χ2v) is 3.31. The molecule has 1 unspecified atom stereocenters. The zero-order valence-electron chi connectivity index (χ0n) is 8.59. The molecule has 0 saturated carbocycles. The van der Waals surface area contributed by atoms with Gasteiger partial charge in [-0.15, -0.1) is 6.58 Å². The van der Waals surface area contributed by atoms with E-state index in [1.54, 1.807) is 0 Å². The summed E-state index contributed by atoms with van der Waals surface area (Å²) in [5.74, 6) is 0. The van der Waals surface area contributed by atoms with E-state index >= 15 is 0 Å². The molecule has 0 fully saturated rings. The monoisotopic (exact) mass is 183 g/mol. The van der Waals surface area contributed by atoms with Gasteiger partial charge in [0.2, 0.25) is 0 Å². The maximum Gasteiger partial charge on any atom is 0.136 e. The number of carbonyl (C=O) groups excluding carboxylic acids is 1. The molecular formula is C11H21NO. The standard InChI is InChI=1S/C11H21NO/c1-3-4-5-6-7-8-9-11(10-13)12-2/h3,10-12H,1,4-9H2,2H3. The molecule has 2 heteroatoms. The molecule has 0 rings (SSSR count).